The summed E-state index contributed by atoms with van der Waals surface area (Å²) in [5.74, 6) is -0.379. The summed E-state index contributed by atoms with van der Waals surface area (Å²) < 4.78 is 5.30. The summed E-state index contributed by atoms with van der Waals surface area (Å²) in [5, 5.41) is 13.9. The Kier molecular flexibility index (Phi) is 6.01. The van der Waals surface area contributed by atoms with Crippen molar-refractivity contribution >= 4 is 34.7 Å². The van der Waals surface area contributed by atoms with Gasteiger partial charge in [0.2, 0.25) is 0 Å². The molecular formula is C24H25N7O4S. The number of morpholine rings is 1. The molecule has 12 heteroatoms. The lowest BCUT2D eigenvalue weighted by Gasteiger charge is -2.27. The second kappa shape index (κ2) is 9.47. The molecule has 3 amide bonds. The molecule has 0 saturated carbocycles. The maximum Gasteiger partial charge on any atom is 0.333 e. The first-order valence-electron chi connectivity index (χ1n) is 11.9. The number of carbonyl (C=O) groups is 3. The van der Waals surface area contributed by atoms with Crippen LogP contribution in [0.4, 0.5) is 10.5 Å². The van der Waals surface area contributed by atoms with E-state index in [1.165, 1.54) is 11.3 Å². The molecule has 2 aromatic heterocycles. The molecule has 186 valence electrons. The van der Waals surface area contributed by atoms with Crippen molar-refractivity contribution in [3.63, 3.8) is 0 Å². The van der Waals surface area contributed by atoms with Gasteiger partial charge in [0.25, 0.3) is 5.91 Å². The fourth-order valence-electron chi connectivity index (χ4n) is 4.75. The minimum atomic E-state index is -0.418. The van der Waals surface area contributed by atoms with Crippen molar-refractivity contribution < 1.29 is 19.1 Å². The highest BCUT2D eigenvalue weighted by molar-refractivity contribution is 7.17. The highest BCUT2D eigenvalue weighted by Crippen LogP contribution is 2.44. The summed E-state index contributed by atoms with van der Waals surface area (Å²) in [6.45, 7) is 3.99. The van der Waals surface area contributed by atoms with E-state index in [0.717, 1.165) is 30.8 Å². The third-order valence-electron chi connectivity index (χ3n) is 6.50. The van der Waals surface area contributed by atoms with Gasteiger partial charge < -0.3 is 10.1 Å². The molecule has 0 spiro atoms. The lowest BCUT2D eigenvalue weighted by atomic mass is 10.1. The Labute approximate surface area is 210 Å². The Bertz CT molecular complexity index is 1340. The smallest absolute Gasteiger partial charge is 0.333 e. The van der Waals surface area contributed by atoms with Crippen LogP contribution in [0.2, 0.25) is 0 Å². The van der Waals surface area contributed by atoms with Crippen LogP contribution >= 0.6 is 11.3 Å². The minimum absolute atomic E-state index is 0.160. The molecule has 0 unspecified atom stereocenters. The van der Waals surface area contributed by atoms with Crippen LogP contribution in [0.15, 0.2) is 30.3 Å². The fourth-order valence-corrected chi connectivity index (χ4v) is 5.65. The number of anilines is 1. The number of hydrazine groups is 2. The molecule has 2 fully saturated rings. The first-order valence-corrected chi connectivity index (χ1v) is 12.7. The van der Waals surface area contributed by atoms with E-state index in [9.17, 15) is 14.4 Å². The summed E-state index contributed by atoms with van der Waals surface area (Å²) in [6, 6.07) is 8.47. The SMILES string of the molecule is O=C(Nc1cccc2c1C(=O)c1c(-c3ccc(C(=O)NN4CCCC4)s3)n[nH]c1-2)NN1CCOCC1. The van der Waals surface area contributed by atoms with E-state index in [0.29, 0.717) is 64.9 Å². The van der Waals surface area contributed by atoms with Gasteiger partial charge in [-0.15, -0.1) is 11.3 Å². The molecule has 0 bridgehead atoms. The van der Waals surface area contributed by atoms with Crippen molar-refractivity contribution in [2.24, 2.45) is 0 Å². The Morgan fingerprint density at radius 2 is 1.75 bits per heavy atom. The number of carbonyl (C=O) groups excluding carboxylic acids is 3. The van der Waals surface area contributed by atoms with E-state index in [1.54, 1.807) is 23.2 Å². The van der Waals surface area contributed by atoms with Gasteiger partial charge in [0.05, 0.1) is 45.5 Å². The predicted octanol–water partition coefficient (Wildman–Crippen LogP) is 2.46. The molecule has 3 aliphatic rings. The molecule has 3 aromatic rings. The highest BCUT2D eigenvalue weighted by atomic mass is 32.1. The molecule has 2 saturated heterocycles. The number of hydrogen-bond donors (Lipinski definition) is 4. The van der Waals surface area contributed by atoms with Gasteiger partial charge in [-0.2, -0.15) is 5.10 Å². The van der Waals surface area contributed by atoms with Crippen LogP contribution in [0, 0.1) is 0 Å². The van der Waals surface area contributed by atoms with Gasteiger partial charge in [0.1, 0.15) is 5.69 Å². The normalized spacial score (nSPS) is 17.6. The Balaban J connectivity index is 1.22. The summed E-state index contributed by atoms with van der Waals surface area (Å²) >= 11 is 1.29. The molecule has 11 nitrogen and oxygen atoms in total. The van der Waals surface area contributed by atoms with E-state index in [1.807, 2.05) is 17.1 Å². The van der Waals surface area contributed by atoms with Crippen molar-refractivity contribution in [1.29, 1.82) is 0 Å². The largest absolute Gasteiger partial charge is 0.379 e. The van der Waals surface area contributed by atoms with E-state index < -0.39 is 6.03 Å². The molecule has 1 aromatic carbocycles. The number of nitrogens with one attached hydrogen (secondary N) is 4. The summed E-state index contributed by atoms with van der Waals surface area (Å²) in [4.78, 5) is 40.1. The van der Waals surface area contributed by atoms with Gasteiger partial charge in [-0.05, 0) is 31.0 Å². The number of hydrogen-bond acceptors (Lipinski definition) is 8. The number of rotatable bonds is 5. The van der Waals surface area contributed by atoms with Crippen LogP contribution in [0.1, 0.15) is 38.4 Å². The maximum atomic E-state index is 13.6. The fraction of sp³-hybridized carbons (Fsp3) is 0.333. The van der Waals surface area contributed by atoms with Gasteiger partial charge >= 0.3 is 6.03 Å². The van der Waals surface area contributed by atoms with E-state index in [2.05, 4.69) is 26.4 Å². The summed E-state index contributed by atoms with van der Waals surface area (Å²) in [5.41, 5.74) is 8.82. The molecule has 4 heterocycles. The number of urea groups is 1. The second-order valence-electron chi connectivity index (χ2n) is 8.84. The zero-order valence-electron chi connectivity index (χ0n) is 19.4. The number of amides is 3. The lowest BCUT2D eigenvalue weighted by Crippen LogP contribution is -2.49. The number of ether oxygens (including phenoxy) is 1. The van der Waals surface area contributed by atoms with E-state index in [4.69, 9.17) is 4.74 Å². The van der Waals surface area contributed by atoms with Crippen molar-refractivity contribution in [1.82, 2.24) is 31.1 Å². The van der Waals surface area contributed by atoms with Crippen molar-refractivity contribution in [2.45, 2.75) is 12.8 Å². The molecule has 0 atom stereocenters. The van der Waals surface area contributed by atoms with E-state index in [-0.39, 0.29) is 11.7 Å². The van der Waals surface area contributed by atoms with Gasteiger partial charge in [-0.25, -0.2) is 14.8 Å². The van der Waals surface area contributed by atoms with Crippen molar-refractivity contribution in [3.8, 4) is 21.8 Å². The first-order chi connectivity index (χ1) is 17.6. The average Bonchev–Trinajstić information content (AvgIpc) is 3.67. The molecule has 6 rings (SSSR count). The molecule has 0 radical (unpaired) electrons. The number of aromatic nitrogens is 2. The Morgan fingerprint density at radius 3 is 2.56 bits per heavy atom. The van der Waals surface area contributed by atoms with Gasteiger partial charge in [-0.1, -0.05) is 12.1 Å². The third-order valence-corrected chi connectivity index (χ3v) is 7.59. The second-order valence-corrected chi connectivity index (χ2v) is 9.93. The summed E-state index contributed by atoms with van der Waals surface area (Å²) in [7, 11) is 0. The highest BCUT2D eigenvalue weighted by Gasteiger charge is 2.35. The molecule has 1 aliphatic carbocycles. The first kappa shape index (κ1) is 22.9. The topological polar surface area (TPSA) is 132 Å². The number of H-pyrrole nitrogens is 1. The minimum Gasteiger partial charge on any atom is -0.379 e. The number of thiophene rings is 1. The van der Waals surface area contributed by atoms with Crippen LogP contribution in [-0.4, -0.2) is 77.3 Å². The molecule has 2 aliphatic heterocycles. The van der Waals surface area contributed by atoms with Crippen LogP contribution in [0.5, 0.6) is 0 Å². The van der Waals surface area contributed by atoms with Crippen LogP contribution in [-0.2, 0) is 4.74 Å². The Morgan fingerprint density at radius 1 is 0.972 bits per heavy atom. The number of benzene rings is 1. The zero-order valence-corrected chi connectivity index (χ0v) is 20.2. The molecule has 36 heavy (non-hydrogen) atoms. The Hall–Kier alpha value is -3.58. The number of nitrogens with zero attached hydrogens (tertiary/aromatic N) is 3. The van der Waals surface area contributed by atoms with Crippen molar-refractivity contribution in [2.75, 3.05) is 44.7 Å². The maximum absolute atomic E-state index is 13.6. The van der Waals surface area contributed by atoms with Crippen molar-refractivity contribution in [3.05, 3.63) is 46.3 Å². The van der Waals surface area contributed by atoms with Gasteiger partial charge in [-0.3, -0.25) is 25.5 Å². The molecule has 4 N–H and O–H groups in total. The van der Waals surface area contributed by atoms with Gasteiger partial charge in [0, 0.05) is 31.7 Å². The third kappa shape index (κ3) is 4.17. The van der Waals surface area contributed by atoms with Gasteiger partial charge in [0.15, 0.2) is 5.78 Å². The number of aromatic amines is 1. The monoisotopic (exact) mass is 507 g/mol. The van der Waals surface area contributed by atoms with Crippen LogP contribution < -0.4 is 16.2 Å². The molecular weight excluding hydrogens is 482 g/mol. The summed E-state index contributed by atoms with van der Waals surface area (Å²) in [6.07, 6.45) is 2.15. The average molecular weight is 508 g/mol. The standard InChI is InChI=1S/C24H25N7O4S/c32-22-18-14(4-3-5-15(18)25-24(34)29-31-10-12-35-13-11-31)20-19(22)21(27-26-20)16-6-7-17(36-16)23(33)28-30-8-1-2-9-30/h3-7H,1-2,8-13H2,(H,26,27)(H,28,33)(H2,25,29,34). The predicted molar refractivity (Wildman–Crippen MR) is 134 cm³/mol. The lowest BCUT2D eigenvalue weighted by molar-refractivity contribution is 0.0207. The van der Waals surface area contributed by atoms with Crippen LogP contribution in [0.3, 0.4) is 0 Å². The number of fused-ring (bicyclic) bond motifs is 3. The number of ketones is 1. The van der Waals surface area contributed by atoms with E-state index >= 15 is 0 Å². The zero-order chi connectivity index (χ0) is 24.6. The quantitative estimate of drug-likeness (QED) is 0.326. The van der Waals surface area contributed by atoms with Crippen LogP contribution in [0.25, 0.3) is 21.8 Å².